The first-order valence-corrected chi connectivity index (χ1v) is 8.82. The fraction of sp³-hybridized carbons (Fsp3) is 0.167. The van der Waals surface area contributed by atoms with Crippen LogP contribution in [0.5, 0.6) is 5.75 Å². The highest BCUT2D eigenvalue weighted by Crippen LogP contribution is 2.33. The van der Waals surface area contributed by atoms with Crippen molar-refractivity contribution in [3.63, 3.8) is 0 Å². The maximum absolute atomic E-state index is 9.66. The van der Waals surface area contributed by atoms with Crippen LogP contribution in [0, 0.1) is 0 Å². The predicted molar refractivity (Wildman–Crippen MR) is 96.6 cm³/mol. The molecule has 0 amide bonds. The maximum atomic E-state index is 9.66. The van der Waals surface area contributed by atoms with E-state index in [9.17, 15) is 5.11 Å². The number of thioether (sulfide) groups is 1. The van der Waals surface area contributed by atoms with Crippen molar-refractivity contribution in [3.8, 4) is 5.75 Å². The van der Waals surface area contributed by atoms with E-state index in [1.807, 2.05) is 42.5 Å². The molecule has 0 saturated carbocycles. The van der Waals surface area contributed by atoms with Crippen LogP contribution in [0.2, 0.25) is 5.02 Å². The van der Waals surface area contributed by atoms with E-state index in [1.54, 1.807) is 17.8 Å². The number of nitrogens with zero attached hydrogens (tertiary/aromatic N) is 2. The topological polar surface area (TPSA) is 36.4 Å². The smallest absolute Gasteiger partial charge is 0.131 e. The Morgan fingerprint density at radius 2 is 2.00 bits per heavy atom. The van der Waals surface area contributed by atoms with Crippen molar-refractivity contribution >= 4 is 40.1 Å². The lowest BCUT2D eigenvalue weighted by molar-refractivity contribution is 0.473. The second-order valence-electron chi connectivity index (χ2n) is 5.54. The Labute approximate surface area is 143 Å². The molecule has 1 aliphatic rings. The number of halogens is 1. The third-order valence-electron chi connectivity index (χ3n) is 4.01. The number of benzene rings is 2. The molecule has 2 heterocycles. The van der Waals surface area contributed by atoms with Crippen molar-refractivity contribution in [2.24, 2.45) is 0 Å². The monoisotopic (exact) mass is 342 g/mol. The molecule has 0 unspecified atom stereocenters. The zero-order chi connectivity index (χ0) is 15.8. The van der Waals surface area contributed by atoms with Crippen molar-refractivity contribution in [2.45, 2.75) is 11.4 Å². The fourth-order valence-corrected chi connectivity index (χ4v) is 4.15. The third kappa shape index (κ3) is 2.84. The van der Waals surface area contributed by atoms with E-state index in [2.05, 4.69) is 4.90 Å². The second-order valence-corrected chi connectivity index (χ2v) is 7.09. The van der Waals surface area contributed by atoms with E-state index in [4.69, 9.17) is 16.6 Å². The van der Waals surface area contributed by atoms with Gasteiger partial charge in [-0.3, -0.25) is 0 Å². The normalized spacial score (nSPS) is 14.6. The molecule has 0 atom stereocenters. The summed E-state index contributed by atoms with van der Waals surface area (Å²) in [5, 5.41) is 11.4. The standard InChI is InChI=1S/C18H15ClN2OS/c19-15-10-18(20-16-4-2-1-3-14(15)16)21-7-8-23-17-9-13(22)6-5-12(17)11-21/h1-6,9-10,22H,7-8,11H2. The molecule has 0 radical (unpaired) electrons. The molecule has 2 aromatic carbocycles. The van der Waals surface area contributed by atoms with Gasteiger partial charge in [-0.2, -0.15) is 0 Å². The summed E-state index contributed by atoms with van der Waals surface area (Å²) in [6.07, 6.45) is 0. The predicted octanol–water partition coefficient (Wildman–Crippen LogP) is 4.71. The van der Waals surface area contributed by atoms with Gasteiger partial charge in [0, 0.05) is 29.1 Å². The van der Waals surface area contributed by atoms with Gasteiger partial charge in [-0.1, -0.05) is 35.9 Å². The van der Waals surface area contributed by atoms with Gasteiger partial charge < -0.3 is 10.0 Å². The summed E-state index contributed by atoms with van der Waals surface area (Å²) in [4.78, 5) is 8.16. The molecule has 0 spiro atoms. The van der Waals surface area contributed by atoms with Gasteiger partial charge in [0.15, 0.2) is 0 Å². The van der Waals surface area contributed by atoms with Gasteiger partial charge >= 0.3 is 0 Å². The van der Waals surface area contributed by atoms with Gasteiger partial charge in [0.1, 0.15) is 11.6 Å². The minimum absolute atomic E-state index is 0.316. The van der Waals surface area contributed by atoms with E-state index in [-0.39, 0.29) is 0 Å². The van der Waals surface area contributed by atoms with Crippen molar-refractivity contribution < 1.29 is 5.11 Å². The second kappa shape index (κ2) is 5.95. The molecule has 1 aliphatic heterocycles. The van der Waals surface area contributed by atoms with Crippen molar-refractivity contribution in [2.75, 3.05) is 17.2 Å². The van der Waals surface area contributed by atoms with Crippen LogP contribution in [-0.2, 0) is 6.54 Å². The molecule has 5 heteroatoms. The number of phenols is 1. The van der Waals surface area contributed by atoms with E-state index < -0.39 is 0 Å². The first-order chi connectivity index (χ1) is 11.2. The number of para-hydroxylation sites is 1. The molecular weight excluding hydrogens is 328 g/mol. The molecule has 1 N–H and O–H groups in total. The van der Waals surface area contributed by atoms with Gasteiger partial charge in [-0.25, -0.2) is 4.98 Å². The first-order valence-electron chi connectivity index (χ1n) is 7.45. The summed E-state index contributed by atoms with van der Waals surface area (Å²) in [5.74, 6) is 2.16. The summed E-state index contributed by atoms with van der Waals surface area (Å²) >= 11 is 8.21. The number of fused-ring (bicyclic) bond motifs is 2. The van der Waals surface area contributed by atoms with Gasteiger partial charge in [-0.05, 0) is 29.8 Å². The Morgan fingerprint density at radius 1 is 1.13 bits per heavy atom. The summed E-state index contributed by atoms with van der Waals surface area (Å²) in [7, 11) is 0. The zero-order valence-corrected chi connectivity index (χ0v) is 13.9. The van der Waals surface area contributed by atoms with Gasteiger partial charge in [0.05, 0.1) is 10.5 Å². The number of hydrogen-bond donors (Lipinski definition) is 1. The van der Waals surface area contributed by atoms with Gasteiger partial charge in [0.25, 0.3) is 0 Å². The highest BCUT2D eigenvalue weighted by Gasteiger charge is 2.17. The van der Waals surface area contributed by atoms with E-state index in [0.29, 0.717) is 5.75 Å². The summed E-state index contributed by atoms with van der Waals surface area (Å²) in [6.45, 7) is 1.66. The maximum Gasteiger partial charge on any atom is 0.131 e. The Bertz CT molecular complexity index is 884. The largest absolute Gasteiger partial charge is 0.508 e. The van der Waals surface area contributed by atoms with Crippen LogP contribution in [0.15, 0.2) is 53.4 Å². The van der Waals surface area contributed by atoms with Crippen LogP contribution < -0.4 is 4.90 Å². The summed E-state index contributed by atoms with van der Waals surface area (Å²) in [5.41, 5.74) is 2.12. The number of pyridine rings is 1. The van der Waals surface area contributed by atoms with Crippen LogP contribution in [0.3, 0.4) is 0 Å². The van der Waals surface area contributed by atoms with Crippen LogP contribution in [-0.4, -0.2) is 22.4 Å². The molecule has 23 heavy (non-hydrogen) atoms. The van der Waals surface area contributed by atoms with Crippen molar-refractivity contribution in [3.05, 3.63) is 59.1 Å². The Morgan fingerprint density at radius 3 is 2.91 bits per heavy atom. The third-order valence-corrected chi connectivity index (χ3v) is 5.40. The van der Waals surface area contributed by atoms with Crippen molar-refractivity contribution in [1.29, 1.82) is 0 Å². The highest BCUT2D eigenvalue weighted by molar-refractivity contribution is 7.99. The minimum atomic E-state index is 0.316. The molecule has 0 bridgehead atoms. The number of phenolic OH excluding ortho intramolecular Hbond substituents is 1. The molecule has 0 aliphatic carbocycles. The zero-order valence-electron chi connectivity index (χ0n) is 12.4. The van der Waals surface area contributed by atoms with Gasteiger partial charge in [0.2, 0.25) is 0 Å². The van der Waals surface area contributed by atoms with Gasteiger partial charge in [-0.15, -0.1) is 11.8 Å². The molecule has 1 aromatic heterocycles. The number of aromatic hydroxyl groups is 1. The summed E-state index contributed by atoms with van der Waals surface area (Å²) in [6, 6.07) is 15.4. The lowest BCUT2D eigenvalue weighted by Gasteiger charge is -2.22. The highest BCUT2D eigenvalue weighted by atomic mass is 35.5. The number of aromatic nitrogens is 1. The molecule has 3 aromatic rings. The molecule has 0 saturated heterocycles. The molecule has 0 fully saturated rings. The van der Waals surface area contributed by atoms with Crippen molar-refractivity contribution in [1.82, 2.24) is 4.98 Å². The van der Waals surface area contributed by atoms with E-state index >= 15 is 0 Å². The lowest BCUT2D eigenvalue weighted by atomic mass is 10.2. The fourth-order valence-electron chi connectivity index (χ4n) is 2.84. The molecule has 3 nitrogen and oxygen atoms in total. The number of anilines is 1. The Kier molecular flexibility index (Phi) is 3.79. The quantitative estimate of drug-likeness (QED) is 0.695. The van der Waals surface area contributed by atoms with E-state index in [0.717, 1.165) is 45.5 Å². The number of rotatable bonds is 1. The molecule has 116 valence electrons. The Hall–Kier alpha value is -1.91. The minimum Gasteiger partial charge on any atom is -0.508 e. The van der Waals surface area contributed by atoms with Crippen LogP contribution >= 0.6 is 23.4 Å². The molecule has 4 rings (SSSR count). The molecular formula is C18H15ClN2OS. The van der Waals surface area contributed by atoms with E-state index in [1.165, 1.54) is 5.56 Å². The SMILES string of the molecule is Oc1ccc2c(c1)SCCN(c1cc(Cl)c3ccccc3n1)C2. The average molecular weight is 343 g/mol. The van der Waals surface area contributed by atoms with Crippen LogP contribution in [0.1, 0.15) is 5.56 Å². The first kappa shape index (κ1) is 14.7. The Balaban J connectivity index is 1.74. The summed E-state index contributed by atoms with van der Waals surface area (Å²) < 4.78 is 0. The average Bonchev–Trinajstić information content (AvgIpc) is 2.77. The number of hydrogen-bond acceptors (Lipinski definition) is 4. The lowest BCUT2D eigenvalue weighted by Crippen LogP contribution is -2.24. The van der Waals surface area contributed by atoms with Crippen LogP contribution in [0.25, 0.3) is 10.9 Å². The van der Waals surface area contributed by atoms with Crippen LogP contribution in [0.4, 0.5) is 5.82 Å².